The van der Waals surface area contributed by atoms with Crippen LogP contribution in [0.4, 0.5) is 17.5 Å². The average molecular weight is 369 g/mol. The Balaban J connectivity index is 1.61. The predicted octanol–water partition coefficient (Wildman–Crippen LogP) is 4.85. The first-order chi connectivity index (χ1) is 12.6. The van der Waals surface area contributed by atoms with Crippen molar-refractivity contribution in [2.24, 2.45) is 0 Å². The van der Waals surface area contributed by atoms with Gasteiger partial charge in [-0.15, -0.1) is 0 Å². The van der Waals surface area contributed by atoms with E-state index in [1.165, 1.54) is 5.56 Å². The maximum absolute atomic E-state index is 6.02. The summed E-state index contributed by atoms with van der Waals surface area (Å²) in [6, 6.07) is 17.5. The Morgan fingerprint density at radius 2 is 1.85 bits per heavy atom. The SMILES string of the molecule is COc1ccc(CCNc2cc(C)nc(Nc3cccc(Cl)c3)n2)cc1. The van der Waals surface area contributed by atoms with Gasteiger partial charge in [-0.3, -0.25) is 0 Å². The van der Waals surface area contributed by atoms with Crippen LogP contribution < -0.4 is 15.4 Å². The molecule has 0 saturated heterocycles. The molecule has 0 spiro atoms. The third-order valence-electron chi connectivity index (χ3n) is 3.81. The fourth-order valence-electron chi connectivity index (χ4n) is 2.54. The molecule has 0 aliphatic carbocycles. The molecule has 5 nitrogen and oxygen atoms in total. The van der Waals surface area contributed by atoms with Gasteiger partial charge < -0.3 is 15.4 Å². The van der Waals surface area contributed by atoms with Crippen LogP contribution in [0.2, 0.25) is 5.02 Å². The third kappa shape index (κ3) is 5.10. The van der Waals surface area contributed by atoms with E-state index >= 15 is 0 Å². The summed E-state index contributed by atoms with van der Waals surface area (Å²) in [6.45, 7) is 2.72. The lowest BCUT2D eigenvalue weighted by molar-refractivity contribution is 0.414. The number of anilines is 3. The van der Waals surface area contributed by atoms with E-state index in [2.05, 4.69) is 32.7 Å². The Morgan fingerprint density at radius 3 is 2.58 bits per heavy atom. The summed E-state index contributed by atoms with van der Waals surface area (Å²) >= 11 is 6.02. The molecule has 0 saturated carbocycles. The predicted molar refractivity (Wildman–Crippen MR) is 107 cm³/mol. The molecule has 6 heteroatoms. The van der Waals surface area contributed by atoms with Crippen molar-refractivity contribution < 1.29 is 4.74 Å². The molecule has 0 aliphatic heterocycles. The number of aryl methyl sites for hydroxylation is 1. The van der Waals surface area contributed by atoms with Crippen LogP contribution in [0.25, 0.3) is 0 Å². The maximum Gasteiger partial charge on any atom is 0.229 e. The van der Waals surface area contributed by atoms with Gasteiger partial charge in [0.25, 0.3) is 0 Å². The summed E-state index contributed by atoms with van der Waals surface area (Å²) in [7, 11) is 1.67. The Kier molecular flexibility index (Phi) is 5.92. The van der Waals surface area contributed by atoms with Gasteiger partial charge in [0.2, 0.25) is 5.95 Å². The average Bonchev–Trinajstić information content (AvgIpc) is 2.62. The standard InChI is InChI=1S/C20H21ClN4O/c1-14-12-19(22-11-10-15-6-8-18(26-2)9-7-15)25-20(23-14)24-17-5-3-4-16(21)13-17/h3-9,12-13H,10-11H2,1-2H3,(H2,22,23,24,25). The molecule has 2 aromatic carbocycles. The van der Waals surface area contributed by atoms with Crippen LogP contribution in [0.3, 0.4) is 0 Å². The van der Waals surface area contributed by atoms with Gasteiger partial charge >= 0.3 is 0 Å². The number of methoxy groups -OCH3 is 1. The van der Waals surface area contributed by atoms with Crippen molar-refractivity contribution in [2.45, 2.75) is 13.3 Å². The first-order valence-corrected chi connectivity index (χ1v) is 8.75. The summed E-state index contributed by atoms with van der Waals surface area (Å²) in [5.74, 6) is 2.19. The summed E-state index contributed by atoms with van der Waals surface area (Å²) in [5, 5.41) is 7.20. The van der Waals surface area contributed by atoms with E-state index in [9.17, 15) is 0 Å². The molecule has 0 unspecified atom stereocenters. The summed E-state index contributed by atoms with van der Waals surface area (Å²) in [4.78, 5) is 8.95. The number of aromatic nitrogens is 2. The first kappa shape index (κ1) is 18.0. The van der Waals surface area contributed by atoms with Crippen molar-refractivity contribution in [1.29, 1.82) is 0 Å². The Morgan fingerprint density at radius 1 is 1.04 bits per heavy atom. The van der Waals surface area contributed by atoms with E-state index in [4.69, 9.17) is 16.3 Å². The zero-order chi connectivity index (χ0) is 18.4. The molecule has 1 heterocycles. The lowest BCUT2D eigenvalue weighted by Crippen LogP contribution is -2.08. The molecule has 1 aromatic heterocycles. The second-order valence-corrected chi connectivity index (χ2v) is 6.31. The van der Waals surface area contributed by atoms with Gasteiger partial charge in [0.1, 0.15) is 11.6 Å². The van der Waals surface area contributed by atoms with Gasteiger partial charge in [0.05, 0.1) is 7.11 Å². The number of hydrogen-bond donors (Lipinski definition) is 2. The number of benzene rings is 2. The second-order valence-electron chi connectivity index (χ2n) is 5.88. The highest BCUT2D eigenvalue weighted by Crippen LogP contribution is 2.19. The van der Waals surface area contributed by atoms with Crippen molar-refractivity contribution in [2.75, 3.05) is 24.3 Å². The van der Waals surface area contributed by atoms with Gasteiger partial charge in [-0.25, -0.2) is 4.98 Å². The molecule has 3 aromatic rings. The highest BCUT2D eigenvalue weighted by molar-refractivity contribution is 6.30. The van der Waals surface area contributed by atoms with Gasteiger partial charge in [-0.2, -0.15) is 4.98 Å². The van der Waals surface area contributed by atoms with Crippen LogP contribution in [0, 0.1) is 6.92 Å². The summed E-state index contributed by atoms with van der Waals surface area (Å²) in [6.07, 6.45) is 0.893. The van der Waals surface area contributed by atoms with E-state index in [0.29, 0.717) is 11.0 Å². The van der Waals surface area contributed by atoms with E-state index in [1.807, 2.05) is 49.4 Å². The lowest BCUT2D eigenvalue weighted by Gasteiger charge is -2.10. The smallest absolute Gasteiger partial charge is 0.229 e. The molecule has 3 rings (SSSR count). The monoisotopic (exact) mass is 368 g/mol. The molecule has 0 atom stereocenters. The molecule has 0 aliphatic rings. The fraction of sp³-hybridized carbons (Fsp3) is 0.200. The Bertz CT molecular complexity index is 868. The van der Waals surface area contributed by atoms with Crippen molar-refractivity contribution in [3.8, 4) is 5.75 Å². The highest BCUT2D eigenvalue weighted by Gasteiger charge is 2.04. The second kappa shape index (κ2) is 8.54. The molecule has 0 bridgehead atoms. The van der Waals surface area contributed by atoms with Crippen molar-refractivity contribution in [3.63, 3.8) is 0 Å². The van der Waals surface area contributed by atoms with Crippen LogP contribution in [0.15, 0.2) is 54.6 Å². The molecule has 0 radical (unpaired) electrons. The lowest BCUT2D eigenvalue weighted by atomic mass is 10.1. The zero-order valence-corrected chi connectivity index (χ0v) is 15.5. The number of hydrogen-bond acceptors (Lipinski definition) is 5. The summed E-state index contributed by atoms with van der Waals surface area (Å²) in [5.41, 5.74) is 2.98. The normalized spacial score (nSPS) is 10.4. The van der Waals surface area contributed by atoms with Crippen LogP contribution in [0.1, 0.15) is 11.3 Å². The van der Waals surface area contributed by atoms with Crippen molar-refractivity contribution >= 4 is 29.1 Å². The van der Waals surface area contributed by atoms with E-state index in [0.717, 1.165) is 35.9 Å². The molecule has 26 heavy (non-hydrogen) atoms. The molecular weight excluding hydrogens is 348 g/mol. The first-order valence-electron chi connectivity index (χ1n) is 8.37. The van der Waals surface area contributed by atoms with Crippen LogP contribution in [-0.4, -0.2) is 23.6 Å². The van der Waals surface area contributed by atoms with Crippen LogP contribution >= 0.6 is 11.6 Å². The van der Waals surface area contributed by atoms with E-state index in [1.54, 1.807) is 7.11 Å². The van der Waals surface area contributed by atoms with E-state index < -0.39 is 0 Å². The maximum atomic E-state index is 6.02. The third-order valence-corrected chi connectivity index (χ3v) is 4.05. The van der Waals surface area contributed by atoms with Crippen molar-refractivity contribution in [1.82, 2.24) is 9.97 Å². The number of nitrogens with one attached hydrogen (secondary N) is 2. The minimum Gasteiger partial charge on any atom is -0.497 e. The van der Waals surface area contributed by atoms with Gasteiger partial charge in [-0.1, -0.05) is 29.8 Å². The number of halogens is 1. The topological polar surface area (TPSA) is 59.1 Å². The number of ether oxygens (including phenoxy) is 1. The van der Waals surface area contributed by atoms with E-state index in [-0.39, 0.29) is 0 Å². The minimum atomic E-state index is 0.541. The molecule has 2 N–H and O–H groups in total. The molecular formula is C20H21ClN4O. The molecule has 0 fully saturated rings. The zero-order valence-electron chi connectivity index (χ0n) is 14.8. The highest BCUT2D eigenvalue weighted by atomic mass is 35.5. The van der Waals surface area contributed by atoms with Crippen molar-refractivity contribution in [3.05, 3.63) is 70.9 Å². The molecule has 0 amide bonds. The molecule has 134 valence electrons. The van der Waals surface area contributed by atoms with Crippen LogP contribution in [-0.2, 0) is 6.42 Å². The van der Waals surface area contributed by atoms with Gasteiger partial charge in [0.15, 0.2) is 0 Å². The Hall–Kier alpha value is -2.79. The quantitative estimate of drug-likeness (QED) is 0.624. The number of nitrogens with zero attached hydrogens (tertiary/aromatic N) is 2. The minimum absolute atomic E-state index is 0.541. The van der Waals surface area contributed by atoms with Gasteiger partial charge in [0, 0.05) is 29.0 Å². The Labute approximate surface area is 158 Å². The summed E-state index contributed by atoms with van der Waals surface area (Å²) < 4.78 is 5.18. The number of rotatable bonds is 7. The van der Waals surface area contributed by atoms with Gasteiger partial charge in [-0.05, 0) is 49.2 Å². The largest absolute Gasteiger partial charge is 0.497 e. The van der Waals surface area contributed by atoms with Crippen LogP contribution in [0.5, 0.6) is 5.75 Å². The fourth-order valence-corrected chi connectivity index (χ4v) is 2.73.